The number of nitrogens with one attached hydrogen (secondary N) is 1. The Morgan fingerprint density at radius 2 is 2.05 bits per heavy atom. The summed E-state index contributed by atoms with van der Waals surface area (Å²) >= 11 is 0. The average molecular weight is 267 g/mol. The number of hydrogen-bond donors (Lipinski definition) is 2. The first-order valence-corrected chi connectivity index (χ1v) is 6.53. The molecule has 108 valence electrons. The zero-order valence-electron chi connectivity index (χ0n) is 12.5. The SMILES string of the molecule is CCCc1c(NN)ncnc1OCC(C)(C)N(C)C. The minimum atomic E-state index is -0.0647. The maximum Gasteiger partial charge on any atom is 0.221 e. The van der Waals surface area contributed by atoms with Crippen LogP contribution in [0.3, 0.4) is 0 Å². The zero-order chi connectivity index (χ0) is 14.5. The van der Waals surface area contributed by atoms with Gasteiger partial charge in [0.15, 0.2) is 0 Å². The van der Waals surface area contributed by atoms with Gasteiger partial charge in [-0.25, -0.2) is 15.8 Å². The van der Waals surface area contributed by atoms with Crippen LogP contribution in [0.25, 0.3) is 0 Å². The number of likely N-dealkylation sites (N-methyl/N-ethyl adjacent to an activating group) is 1. The van der Waals surface area contributed by atoms with Gasteiger partial charge in [0.05, 0.1) is 5.56 Å². The van der Waals surface area contributed by atoms with Crippen LogP contribution in [0.15, 0.2) is 6.33 Å². The summed E-state index contributed by atoms with van der Waals surface area (Å²) in [4.78, 5) is 10.5. The number of rotatable bonds is 7. The molecule has 1 heterocycles. The molecule has 0 spiro atoms. The Labute approximate surface area is 115 Å². The summed E-state index contributed by atoms with van der Waals surface area (Å²) in [7, 11) is 4.06. The van der Waals surface area contributed by atoms with E-state index < -0.39 is 0 Å². The Morgan fingerprint density at radius 1 is 1.37 bits per heavy atom. The van der Waals surface area contributed by atoms with Gasteiger partial charge in [0.1, 0.15) is 18.8 Å². The summed E-state index contributed by atoms with van der Waals surface area (Å²) < 4.78 is 5.87. The van der Waals surface area contributed by atoms with E-state index in [1.54, 1.807) is 0 Å². The van der Waals surface area contributed by atoms with Gasteiger partial charge < -0.3 is 15.1 Å². The first kappa shape index (κ1) is 15.7. The van der Waals surface area contributed by atoms with Gasteiger partial charge >= 0.3 is 0 Å². The van der Waals surface area contributed by atoms with Crippen LogP contribution in [0.2, 0.25) is 0 Å². The van der Waals surface area contributed by atoms with Gasteiger partial charge in [0.2, 0.25) is 5.88 Å². The van der Waals surface area contributed by atoms with Crippen molar-refractivity contribution < 1.29 is 4.74 Å². The standard InChI is InChI=1S/C13H25N5O/c1-6-7-10-11(17-14)15-9-16-12(10)19-8-13(2,3)18(4)5/h9H,6-8,14H2,1-5H3,(H,15,16,17). The number of nitrogen functional groups attached to an aromatic ring is 1. The maximum absolute atomic E-state index is 5.87. The molecule has 3 N–H and O–H groups in total. The zero-order valence-corrected chi connectivity index (χ0v) is 12.5. The van der Waals surface area contributed by atoms with Crippen molar-refractivity contribution in [3.63, 3.8) is 0 Å². The molecule has 0 radical (unpaired) electrons. The summed E-state index contributed by atoms with van der Waals surface area (Å²) in [6.45, 7) is 6.89. The van der Waals surface area contributed by atoms with Gasteiger partial charge in [-0.3, -0.25) is 0 Å². The van der Waals surface area contributed by atoms with E-state index >= 15 is 0 Å². The molecule has 0 bridgehead atoms. The third kappa shape index (κ3) is 4.04. The van der Waals surface area contributed by atoms with Gasteiger partial charge in [-0.1, -0.05) is 13.3 Å². The molecule has 1 rings (SSSR count). The lowest BCUT2D eigenvalue weighted by Crippen LogP contribution is -2.43. The average Bonchev–Trinajstić information content (AvgIpc) is 2.37. The fraction of sp³-hybridized carbons (Fsp3) is 0.692. The number of hydrogen-bond acceptors (Lipinski definition) is 6. The molecule has 1 aromatic rings. The molecule has 1 aromatic heterocycles. The van der Waals surface area contributed by atoms with E-state index in [0.717, 1.165) is 18.4 Å². The highest BCUT2D eigenvalue weighted by atomic mass is 16.5. The molecule has 6 heteroatoms. The smallest absolute Gasteiger partial charge is 0.221 e. The highest BCUT2D eigenvalue weighted by molar-refractivity contribution is 5.47. The van der Waals surface area contributed by atoms with Gasteiger partial charge in [0.25, 0.3) is 0 Å². The topological polar surface area (TPSA) is 76.3 Å². The summed E-state index contributed by atoms with van der Waals surface area (Å²) in [6.07, 6.45) is 3.28. The molecular weight excluding hydrogens is 242 g/mol. The number of anilines is 1. The predicted molar refractivity (Wildman–Crippen MR) is 77.1 cm³/mol. The molecule has 19 heavy (non-hydrogen) atoms. The highest BCUT2D eigenvalue weighted by Gasteiger charge is 2.22. The first-order chi connectivity index (χ1) is 8.92. The number of nitrogens with two attached hydrogens (primary N) is 1. The second kappa shape index (κ2) is 6.68. The van der Waals surface area contributed by atoms with Crippen molar-refractivity contribution in [3.8, 4) is 5.88 Å². The molecule has 6 nitrogen and oxygen atoms in total. The van der Waals surface area contributed by atoms with Crippen molar-refractivity contribution in [2.75, 3.05) is 26.1 Å². The van der Waals surface area contributed by atoms with Crippen molar-refractivity contribution in [3.05, 3.63) is 11.9 Å². The van der Waals surface area contributed by atoms with E-state index in [4.69, 9.17) is 10.6 Å². The van der Waals surface area contributed by atoms with Crippen LogP contribution in [-0.4, -0.2) is 41.1 Å². The van der Waals surface area contributed by atoms with Crippen molar-refractivity contribution in [1.82, 2.24) is 14.9 Å². The van der Waals surface area contributed by atoms with E-state index in [1.165, 1.54) is 6.33 Å². The third-order valence-corrected chi connectivity index (χ3v) is 3.32. The monoisotopic (exact) mass is 267 g/mol. The van der Waals surface area contributed by atoms with Crippen molar-refractivity contribution in [1.29, 1.82) is 0 Å². The molecule has 0 aliphatic carbocycles. The fourth-order valence-electron chi connectivity index (χ4n) is 1.49. The van der Waals surface area contributed by atoms with E-state index in [1.807, 2.05) is 14.1 Å². The molecule has 0 atom stereocenters. The van der Waals surface area contributed by atoms with Crippen LogP contribution < -0.4 is 16.0 Å². The Bertz CT molecular complexity index is 406. The number of ether oxygens (including phenoxy) is 1. The van der Waals surface area contributed by atoms with Crippen LogP contribution in [0, 0.1) is 0 Å². The quantitative estimate of drug-likeness (QED) is 0.575. The molecule has 0 fully saturated rings. The molecule has 0 aliphatic rings. The molecule has 0 amide bonds. The second-order valence-electron chi connectivity index (χ2n) is 5.40. The normalized spacial score (nSPS) is 11.7. The van der Waals surface area contributed by atoms with E-state index in [2.05, 4.69) is 41.1 Å². The minimum Gasteiger partial charge on any atom is -0.475 e. The van der Waals surface area contributed by atoms with Crippen molar-refractivity contribution in [2.24, 2.45) is 5.84 Å². The number of nitrogens with zero attached hydrogens (tertiary/aromatic N) is 3. The molecular formula is C13H25N5O. The summed E-state index contributed by atoms with van der Waals surface area (Å²) in [5, 5.41) is 0. The van der Waals surface area contributed by atoms with Crippen LogP contribution in [0.1, 0.15) is 32.8 Å². The van der Waals surface area contributed by atoms with Crippen molar-refractivity contribution >= 4 is 5.82 Å². The summed E-state index contributed by atoms with van der Waals surface area (Å²) in [6, 6.07) is 0. The van der Waals surface area contributed by atoms with Crippen LogP contribution >= 0.6 is 0 Å². The van der Waals surface area contributed by atoms with Crippen LogP contribution in [0.4, 0.5) is 5.82 Å². The Morgan fingerprint density at radius 3 is 2.58 bits per heavy atom. The van der Waals surface area contributed by atoms with Crippen LogP contribution in [0.5, 0.6) is 5.88 Å². The Balaban J connectivity index is 2.88. The highest BCUT2D eigenvalue weighted by Crippen LogP contribution is 2.24. The van der Waals surface area contributed by atoms with E-state index in [-0.39, 0.29) is 5.54 Å². The minimum absolute atomic E-state index is 0.0647. The largest absolute Gasteiger partial charge is 0.475 e. The number of hydrazine groups is 1. The van der Waals surface area contributed by atoms with E-state index in [0.29, 0.717) is 18.3 Å². The first-order valence-electron chi connectivity index (χ1n) is 6.53. The van der Waals surface area contributed by atoms with Gasteiger partial charge in [-0.2, -0.15) is 0 Å². The lowest BCUT2D eigenvalue weighted by Gasteiger charge is -2.32. The maximum atomic E-state index is 5.87. The Hall–Kier alpha value is -1.40. The Kier molecular flexibility index (Phi) is 5.50. The summed E-state index contributed by atoms with van der Waals surface area (Å²) in [5.41, 5.74) is 3.47. The third-order valence-electron chi connectivity index (χ3n) is 3.32. The molecule has 0 aliphatic heterocycles. The predicted octanol–water partition coefficient (Wildman–Crippen LogP) is 1.43. The lowest BCUT2D eigenvalue weighted by atomic mass is 10.1. The van der Waals surface area contributed by atoms with Gasteiger partial charge in [-0.15, -0.1) is 0 Å². The molecule has 0 saturated carbocycles. The fourth-order valence-corrected chi connectivity index (χ4v) is 1.49. The van der Waals surface area contributed by atoms with Gasteiger partial charge in [-0.05, 0) is 34.4 Å². The lowest BCUT2D eigenvalue weighted by molar-refractivity contribution is 0.110. The number of aromatic nitrogens is 2. The van der Waals surface area contributed by atoms with Crippen LogP contribution in [-0.2, 0) is 6.42 Å². The van der Waals surface area contributed by atoms with Gasteiger partial charge in [0, 0.05) is 5.54 Å². The molecule has 0 aromatic carbocycles. The second-order valence-corrected chi connectivity index (χ2v) is 5.40. The summed E-state index contributed by atoms with van der Waals surface area (Å²) in [5.74, 6) is 6.72. The molecule has 0 saturated heterocycles. The van der Waals surface area contributed by atoms with E-state index in [9.17, 15) is 0 Å². The van der Waals surface area contributed by atoms with Crippen molar-refractivity contribution in [2.45, 2.75) is 39.2 Å². The molecule has 0 unspecified atom stereocenters.